The highest BCUT2D eigenvalue weighted by atomic mass is 32.1. The number of nitrogens with zero attached hydrogens (tertiary/aromatic N) is 1. The van der Waals surface area contributed by atoms with E-state index < -0.39 is 0 Å². The zero-order chi connectivity index (χ0) is 14.8. The molecule has 2 aromatic rings. The quantitative estimate of drug-likeness (QED) is 0.947. The Morgan fingerprint density at radius 2 is 2.29 bits per heavy atom. The highest BCUT2D eigenvalue weighted by Gasteiger charge is 2.26. The van der Waals surface area contributed by atoms with E-state index in [1.165, 1.54) is 11.3 Å². The van der Waals surface area contributed by atoms with E-state index in [0.717, 1.165) is 28.3 Å². The Morgan fingerprint density at radius 3 is 3.05 bits per heavy atom. The van der Waals surface area contributed by atoms with Crippen molar-refractivity contribution in [2.24, 2.45) is 5.92 Å². The highest BCUT2D eigenvalue weighted by Crippen LogP contribution is 2.28. The fourth-order valence-electron chi connectivity index (χ4n) is 2.51. The average molecular weight is 302 g/mol. The first-order chi connectivity index (χ1) is 10.2. The zero-order valence-corrected chi connectivity index (χ0v) is 13.0. The van der Waals surface area contributed by atoms with Gasteiger partial charge in [-0.2, -0.15) is 0 Å². The summed E-state index contributed by atoms with van der Waals surface area (Å²) in [6.07, 6.45) is 1.60. The van der Waals surface area contributed by atoms with Crippen LogP contribution in [0.4, 0.5) is 5.13 Å². The van der Waals surface area contributed by atoms with E-state index >= 15 is 0 Å². The number of ether oxygens (including phenoxy) is 1. The minimum Gasteiger partial charge on any atom is -0.492 e. The van der Waals surface area contributed by atoms with Crippen molar-refractivity contribution in [3.05, 3.63) is 40.4 Å². The number of rotatable bonds is 3. The predicted octanol–water partition coefficient (Wildman–Crippen LogP) is 3.20. The maximum Gasteiger partial charge on any atom is 0.233 e. The number of hydrogen-bond acceptors (Lipinski definition) is 4. The molecule has 1 aliphatic rings. The maximum atomic E-state index is 12.4. The van der Waals surface area contributed by atoms with Gasteiger partial charge in [-0.15, -0.1) is 11.3 Å². The van der Waals surface area contributed by atoms with Gasteiger partial charge < -0.3 is 10.1 Å². The van der Waals surface area contributed by atoms with Crippen molar-refractivity contribution in [2.75, 3.05) is 11.9 Å². The lowest BCUT2D eigenvalue weighted by atomic mass is 9.96. The number of aromatic nitrogens is 1. The van der Waals surface area contributed by atoms with Crippen LogP contribution in [0.3, 0.4) is 0 Å². The van der Waals surface area contributed by atoms with Crippen LogP contribution in [0.25, 0.3) is 0 Å². The number of para-hydroxylation sites is 1. The molecule has 5 heteroatoms. The van der Waals surface area contributed by atoms with Crippen molar-refractivity contribution in [2.45, 2.75) is 26.7 Å². The lowest BCUT2D eigenvalue weighted by Crippen LogP contribution is -2.32. The summed E-state index contributed by atoms with van der Waals surface area (Å²) in [6, 6.07) is 7.88. The van der Waals surface area contributed by atoms with Gasteiger partial charge in [0.05, 0.1) is 11.6 Å². The normalized spacial score (nSPS) is 17.0. The Bertz CT molecular complexity index is 666. The molecule has 21 heavy (non-hydrogen) atoms. The average Bonchev–Trinajstić information content (AvgIpc) is 2.86. The first kappa shape index (κ1) is 14.1. The molecule has 0 saturated carbocycles. The third-order valence-electron chi connectivity index (χ3n) is 3.71. The Labute approximate surface area is 128 Å². The summed E-state index contributed by atoms with van der Waals surface area (Å²) in [6.45, 7) is 4.53. The van der Waals surface area contributed by atoms with Gasteiger partial charge in [-0.05, 0) is 31.4 Å². The number of nitrogens with one attached hydrogen (secondary N) is 1. The zero-order valence-electron chi connectivity index (χ0n) is 12.2. The fourth-order valence-corrected chi connectivity index (χ4v) is 3.42. The Morgan fingerprint density at radius 1 is 1.48 bits per heavy atom. The number of fused-ring (bicyclic) bond motifs is 1. The van der Waals surface area contributed by atoms with Crippen molar-refractivity contribution in [1.82, 2.24) is 4.98 Å². The second-order valence-electron chi connectivity index (χ2n) is 5.18. The molecule has 4 nitrogen and oxygen atoms in total. The van der Waals surface area contributed by atoms with Gasteiger partial charge in [-0.1, -0.05) is 25.1 Å². The van der Waals surface area contributed by atoms with Crippen LogP contribution in [0.2, 0.25) is 0 Å². The smallest absolute Gasteiger partial charge is 0.233 e. The summed E-state index contributed by atoms with van der Waals surface area (Å²) < 4.78 is 5.67. The number of anilines is 1. The van der Waals surface area contributed by atoms with Crippen molar-refractivity contribution in [1.29, 1.82) is 0 Å². The molecule has 110 valence electrons. The van der Waals surface area contributed by atoms with Crippen LogP contribution in [0.15, 0.2) is 24.3 Å². The van der Waals surface area contributed by atoms with E-state index in [4.69, 9.17) is 4.74 Å². The first-order valence-corrected chi connectivity index (χ1v) is 7.97. The highest BCUT2D eigenvalue weighted by molar-refractivity contribution is 7.15. The summed E-state index contributed by atoms with van der Waals surface area (Å²) >= 11 is 1.53. The Kier molecular flexibility index (Phi) is 3.92. The molecule has 0 radical (unpaired) electrons. The molecular formula is C16H18N2O2S. The summed E-state index contributed by atoms with van der Waals surface area (Å²) in [7, 11) is 0. The van der Waals surface area contributed by atoms with Crippen molar-refractivity contribution >= 4 is 22.4 Å². The number of amides is 1. The molecule has 0 fully saturated rings. The number of carbonyl (C=O) groups is 1. The third kappa shape index (κ3) is 2.93. The molecule has 1 aromatic heterocycles. The fraction of sp³-hybridized carbons (Fsp3) is 0.375. The molecule has 0 aliphatic carbocycles. The van der Waals surface area contributed by atoms with Crippen LogP contribution in [0, 0.1) is 12.8 Å². The third-order valence-corrected chi connectivity index (χ3v) is 4.64. The summed E-state index contributed by atoms with van der Waals surface area (Å²) in [5.74, 6) is 0.718. The van der Waals surface area contributed by atoms with Gasteiger partial charge >= 0.3 is 0 Å². The van der Waals surface area contributed by atoms with E-state index in [9.17, 15) is 4.79 Å². The first-order valence-electron chi connectivity index (χ1n) is 7.15. The molecule has 1 N–H and O–H groups in total. The van der Waals surface area contributed by atoms with E-state index in [0.29, 0.717) is 18.2 Å². The topological polar surface area (TPSA) is 51.2 Å². The van der Waals surface area contributed by atoms with Crippen molar-refractivity contribution < 1.29 is 9.53 Å². The molecule has 0 bridgehead atoms. The SMILES string of the molecule is CCc1nc(NC(=O)C2COc3ccccc3C2)sc1C. The van der Waals surface area contributed by atoms with E-state index in [2.05, 4.69) is 17.2 Å². The molecule has 0 spiro atoms. The monoisotopic (exact) mass is 302 g/mol. The second kappa shape index (κ2) is 5.85. The largest absolute Gasteiger partial charge is 0.492 e. The van der Waals surface area contributed by atoms with Crippen LogP contribution >= 0.6 is 11.3 Å². The number of hydrogen-bond donors (Lipinski definition) is 1. The summed E-state index contributed by atoms with van der Waals surface area (Å²) in [5, 5.41) is 3.61. The number of thiazole rings is 1. The van der Waals surface area contributed by atoms with E-state index in [1.807, 2.05) is 31.2 Å². The van der Waals surface area contributed by atoms with E-state index in [-0.39, 0.29) is 11.8 Å². The molecule has 1 atom stereocenters. The van der Waals surface area contributed by atoms with Crippen LogP contribution in [-0.4, -0.2) is 17.5 Å². The minimum absolute atomic E-state index is 0.0130. The number of carbonyl (C=O) groups excluding carboxylic acids is 1. The lowest BCUT2D eigenvalue weighted by Gasteiger charge is -2.24. The summed E-state index contributed by atoms with van der Waals surface area (Å²) in [4.78, 5) is 18.0. The van der Waals surface area contributed by atoms with Gasteiger partial charge in [0, 0.05) is 4.88 Å². The molecule has 1 aromatic carbocycles. The van der Waals surface area contributed by atoms with Gasteiger partial charge in [-0.25, -0.2) is 4.98 Å². The van der Waals surface area contributed by atoms with Gasteiger partial charge in [0.25, 0.3) is 0 Å². The van der Waals surface area contributed by atoms with Gasteiger partial charge in [0.1, 0.15) is 12.4 Å². The lowest BCUT2D eigenvalue weighted by molar-refractivity contribution is -0.121. The molecule has 3 rings (SSSR count). The molecule has 1 amide bonds. The van der Waals surface area contributed by atoms with Crippen LogP contribution in [0.1, 0.15) is 23.1 Å². The standard InChI is InChI=1S/C16H18N2O2S/c1-3-13-10(2)21-16(17-13)18-15(19)12-8-11-6-4-5-7-14(11)20-9-12/h4-7,12H,3,8-9H2,1-2H3,(H,17,18,19). The van der Waals surface area contributed by atoms with Crippen molar-refractivity contribution in [3.63, 3.8) is 0 Å². The van der Waals surface area contributed by atoms with Gasteiger partial charge in [-0.3, -0.25) is 4.79 Å². The number of aryl methyl sites for hydroxylation is 2. The van der Waals surface area contributed by atoms with Crippen molar-refractivity contribution in [3.8, 4) is 5.75 Å². The second-order valence-corrected chi connectivity index (χ2v) is 6.39. The molecule has 1 aliphatic heterocycles. The number of benzene rings is 1. The molecule has 2 heterocycles. The van der Waals surface area contributed by atoms with Crippen LogP contribution < -0.4 is 10.1 Å². The Balaban J connectivity index is 1.69. The molecular weight excluding hydrogens is 284 g/mol. The maximum absolute atomic E-state index is 12.4. The van der Waals surface area contributed by atoms with Gasteiger partial charge in [0.15, 0.2) is 5.13 Å². The minimum atomic E-state index is -0.158. The predicted molar refractivity (Wildman–Crippen MR) is 84.0 cm³/mol. The molecule has 1 unspecified atom stereocenters. The summed E-state index contributed by atoms with van der Waals surface area (Å²) in [5.41, 5.74) is 2.15. The van der Waals surface area contributed by atoms with Gasteiger partial charge in [0.2, 0.25) is 5.91 Å². The van der Waals surface area contributed by atoms with E-state index in [1.54, 1.807) is 0 Å². The van der Waals surface area contributed by atoms with Crippen LogP contribution in [-0.2, 0) is 17.6 Å². The molecule has 0 saturated heterocycles. The van der Waals surface area contributed by atoms with Crippen LogP contribution in [0.5, 0.6) is 5.75 Å². The Hall–Kier alpha value is -1.88.